The molecule has 1 heterocycles. The van der Waals surface area contributed by atoms with Crippen LogP contribution in [0.25, 0.3) is 0 Å². The van der Waals surface area contributed by atoms with Crippen molar-refractivity contribution >= 4 is 22.9 Å². The second kappa shape index (κ2) is 4.86. The van der Waals surface area contributed by atoms with Gasteiger partial charge in [0.05, 0.1) is 4.34 Å². The Morgan fingerprint density at radius 3 is 2.73 bits per heavy atom. The first kappa shape index (κ1) is 11.4. The van der Waals surface area contributed by atoms with E-state index in [0.717, 1.165) is 17.4 Å². The van der Waals surface area contributed by atoms with Crippen molar-refractivity contribution in [3.8, 4) is 0 Å². The van der Waals surface area contributed by atoms with Gasteiger partial charge in [-0.25, -0.2) is 0 Å². The summed E-state index contributed by atoms with van der Waals surface area (Å²) in [4.78, 5) is 1.33. The molecule has 0 aromatic carbocycles. The monoisotopic (exact) mass is 243 g/mol. The van der Waals surface area contributed by atoms with E-state index in [-0.39, 0.29) is 0 Å². The van der Waals surface area contributed by atoms with Crippen molar-refractivity contribution in [3.63, 3.8) is 0 Å². The lowest BCUT2D eigenvalue weighted by molar-refractivity contribution is 0.315. The van der Waals surface area contributed by atoms with Crippen molar-refractivity contribution < 1.29 is 0 Å². The van der Waals surface area contributed by atoms with Crippen molar-refractivity contribution in [1.82, 2.24) is 5.32 Å². The number of halogens is 1. The van der Waals surface area contributed by atoms with Gasteiger partial charge in [0.2, 0.25) is 0 Å². The van der Waals surface area contributed by atoms with Gasteiger partial charge < -0.3 is 5.32 Å². The summed E-state index contributed by atoms with van der Waals surface area (Å²) >= 11 is 7.56. The van der Waals surface area contributed by atoms with Gasteiger partial charge in [-0.15, -0.1) is 11.3 Å². The molecule has 1 saturated carbocycles. The molecule has 0 amide bonds. The fourth-order valence-corrected chi connectivity index (χ4v) is 3.40. The van der Waals surface area contributed by atoms with E-state index in [0.29, 0.717) is 5.41 Å². The van der Waals surface area contributed by atoms with Crippen LogP contribution in [-0.4, -0.2) is 6.54 Å². The highest BCUT2D eigenvalue weighted by molar-refractivity contribution is 7.16. The van der Waals surface area contributed by atoms with Gasteiger partial charge >= 0.3 is 0 Å². The van der Waals surface area contributed by atoms with Crippen molar-refractivity contribution in [2.45, 2.75) is 39.2 Å². The van der Waals surface area contributed by atoms with Gasteiger partial charge in [0.1, 0.15) is 0 Å². The summed E-state index contributed by atoms with van der Waals surface area (Å²) in [6.07, 6.45) is 5.57. The lowest BCUT2D eigenvalue weighted by Gasteiger charge is -2.23. The summed E-state index contributed by atoms with van der Waals surface area (Å²) in [7, 11) is 0. The SMILES string of the molecule is CC1(CNCc2ccc(Cl)s2)CCCC1. The van der Waals surface area contributed by atoms with Gasteiger partial charge in [0.25, 0.3) is 0 Å². The number of rotatable bonds is 4. The van der Waals surface area contributed by atoms with Crippen LogP contribution in [0.15, 0.2) is 12.1 Å². The predicted molar refractivity (Wildman–Crippen MR) is 67.6 cm³/mol. The zero-order valence-electron chi connectivity index (χ0n) is 9.18. The molecule has 1 aromatic heterocycles. The van der Waals surface area contributed by atoms with Gasteiger partial charge in [0.15, 0.2) is 0 Å². The molecule has 0 aliphatic heterocycles. The summed E-state index contributed by atoms with van der Waals surface area (Å²) < 4.78 is 0.888. The van der Waals surface area contributed by atoms with Gasteiger partial charge in [-0.2, -0.15) is 0 Å². The summed E-state index contributed by atoms with van der Waals surface area (Å²) in [5.74, 6) is 0. The van der Waals surface area contributed by atoms with E-state index in [1.54, 1.807) is 11.3 Å². The molecule has 15 heavy (non-hydrogen) atoms. The summed E-state index contributed by atoms with van der Waals surface area (Å²) in [5, 5.41) is 3.55. The Bertz CT molecular complexity index is 315. The molecular weight excluding hydrogens is 226 g/mol. The van der Waals surface area contributed by atoms with E-state index in [9.17, 15) is 0 Å². The molecule has 84 valence electrons. The van der Waals surface area contributed by atoms with Crippen LogP contribution >= 0.6 is 22.9 Å². The van der Waals surface area contributed by atoms with Crippen molar-refractivity contribution in [1.29, 1.82) is 0 Å². The minimum Gasteiger partial charge on any atom is -0.311 e. The maximum atomic E-state index is 5.88. The van der Waals surface area contributed by atoms with Crippen LogP contribution in [0.3, 0.4) is 0 Å². The third-order valence-electron chi connectivity index (χ3n) is 3.29. The summed E-state index contributed by atoms with van der Waals surface area (Å²) in [5.41, 5.74) is 0.543. The average Bonchev–Trinajstić information content (AvgIpc) is 2.76. The molecule has 0 radical (unpaired) electrons. The Hall–Kier alpha value is -0.0500. The van der Waals surface area contributed by atoms with Crippen LogP contribution in [0.4, 0.5) is 0 Å². The van der Waals surface area contributed by atoms with Gasteiger partial charge in [-0.1, -0.05) is 31.4 Å². The molecule has 0 saturated heterocycles. The lowest BCUT2D eigenvalue weighted by Crippen LogP contribution is -2.28. The second-order valence-corrected chi connectivity index (χ2v) is 6.63. The van der Waals surface area contributed by atoms with Gasteiger partial charge in [0, 0.05) is 18.0 Å². The number of hydrogen-bond acceptors (Lipinski definition) is 2. The molecule has 1 nitrogen and oxygen atoms in total. The second-order valence-electron chi connectivity index (χ2n) is 4.83. The topological polar surface area (TPSA) is 12.0 Å². The maximum Gasteiger partial charge on any atom is 0.0931 e. The molecule has 1 aliphatic carbocycles. The molecule has 1 aromatic rings. The zero-order valence-corrected chi connectivity index (χ0v) is 10.8. The molecule has 1 N–H and O–H groups in total. The van der Waals surface area contributed by atoms with E-state index in [4.69, 9.17) is 11.6 Å². The summed E-state index contributed by atoms with van der Waals surface area (Å²) in [6.45, 7) is 4.50. The van der Waals surface area contributed by atoms with Crippen LogP contribution < -0.4 is 5.32 Å². The molecule has 1 aliphatic rings. The van der Waals surface area contributed by atoms with E-state index in [1.165, 1.54) is 30.6 Å². The Morgan fingerprint density at radius 2 is 2.13 bits per heavy atom. The average molecular weight is 244 g/mol. The molecule has 0 unspecified atom stereocenters. The third kappa shape index (κ3) is 3.20. The van der Waals surface area contributed by atoms with Gasteiger partial charge in [-0.05, 0) is 30.4 Å². The van der Waals surface area contributed by atoms with E-state index in [2.05, 4.69) is 18.3 Å². The minimum atomic E-state index is 0.543. The lowest BCUT2D eigenvalue weighted by atomic mass is 9.89. The van der Waals surface area contributed by atoms with Crippen LogP contribution in [-0.2, 0) is 6.54 Å². The predicted octanol–water partition coefficient (Wildman–Crippen LogP) is 4.07. The first-order chi connectivity index (χ1) is 7.18. The molecule has 3 heteroatoms. The Morgan fingerprint density at radius 1 is 1.40 bits per heavy atom. The highest BCUT2D eigenvalue weighted by atomic mass is 35.5. The fraction of sp³-hybridized carbons (Fsp3) is 0.667. The molecule has 2 rings (SSSR count). The first-order valence-electron chi connectivity index (χ1n) is 5.63. The van der Waals surface area contributed by atoms with E-state index >= 15 is 0 Å². The first-order valence-corrected chi connectivity index (χ1v) is 6.82. The number of thiophene rings is 1. The van der Waals surface area contributed by atoms with Crippen LogP contribution in [0.2, 0.25) is 4.34 Å². The van der Waals surface area contributed by atoms with Gasteiger partial charge in [-0.3, -0.25) is 0 Å². The Labute approximate surface area is 101 Å². The maximum absolute atomic E-state index is 5.88. The third-order valence-corrected chi connectivity index (χ3v) is 4.52. The molecule has 0 atom stereocenters. The standard InChI is InChI=1S/C12H18ClNS/c1-12(6-2-3-7-12)9-14-8-10-4-5-11(13)15-10/h4-5,14H,2-3,6-9H2,1H3. The quantitative estimate of drug-likeness (QED) is 0.841. The molecule has 0 spiro atoms. The van der Waals surface area contributed by atoms with Crippen molar-refractivity contribution in [2.24, 2.45) is 5.41 Å². The van der Waals surface area contributed by atoms with E-state index < -0.39 is 0 Å². The van der Waals surface area contributed by atoms with Crippen LogP contribution in [0.5, 0.6) is 0 Å². The van der Waals surface area contributed by atoms with Crippen molar-refractivity contribution in [3.05, 3.63) is 21.3 Å². The highest BCUT2D eigenvalue weighted by Crippen LogP contribution is 2.36. The largest absolute Gasteiger partial charge is 0.311 e. The summed E-state index contributed by atoms with van der Waals surface area (Å²) in [6, 6.07) is 4.08. The zero-order chi connectivity index (χ0) is 10.7. The Balaban J connectivity index is 1.75. The highest BCUT2D eigenvalue weighted by Gasteiger charge is 2.27. The van der Waals surface area contributed by atoms with E-state index in [1.807, 2.05) is 6.07 Å². The fourth-order valence-electron chi connectivity index (χ4n) is 2.34. The molecule has 0 bridgehead atoms. The molecular formula is C12H18ClNS. The molecule has 1 fully saturated rings. The smallest absolute Gasteiger partial charge is 0.0931 e. The van der Waals surface area contributed by atoms with Crippen LogP contribution in [0, 0.1) is 5.41 Å². The van der Waals surface area contributed by atoms with Crippen molar-refractivity contribution in [2.75, 3.05) is 6.54 Å². The van der Waals surface area contributed by atoms with Crippen LogP contribution in [0.1, 0.15) is 37.5 Å². The number of nitrogens with one attached hydrogen (secondary N) is 1. The number of hydrogen-bond donors (Lipinski definition) is 1. The Kier molecular flexibility index (Phi) is 3.70. The normalized spacial score (nSPS) is 19.6. The minimum absolute atomic E-state index is 0.543.